The summed E-state index contributed by atoms with van der Waals surface area (Å²) in [4.78, 5) is 42.3. The Morgan fingerprint density at radius 2 is 1.59 bits per heavy atom. The molecule has 0 radical (unpaired) electrons. The minimum absolute atomic E-state index is 0.0243. The first-order valence-corrected chi connectivity index (χ1v) is 13.3. The van der Waals surface area contributed by atoms with Crippen molar-refractivity contribution in [3.8, 4) is 0 Å². The Bertz CT molecular complexity index is 1360. The molecular weight excluding hydrogens is 579 g/mol. The number of benzene rings is 2. The molecule has 3 unspecified atom stereocenters. The highest BCUT2D eigenvalue weighted by Crippen LogP contribution is 2.36. The second kappa shape index (κ2) is 13.9. The maximum absolute atomic E-state index is 13.0. The van der Waals surface area contributed by atoms with Gasteiger partial charge in [-0.25, -0.2) is 19.4 Å². The minimum Gasteiger partial charge on any atom is -0.464 e. The van der Waals surface area contributed by atoms with Gasteiger partial charge < -0.3 is 33.0 Å². The molecule has 0 amide bonds. The molecule has 2 aromatic carbocycles. The van der Waals surface area contributed by atoms with Gasteiger partial charge in [0.25, 0.3) is 0 Å². The Morgan fingerprint density at radius 1 is 0.976 bits per heavy atom. The molecule has 1 aliphatic rings. The Balaban J connectivity index is 1.60. The summed E-state index contributed by atoms with van der Waals surface area (Å²) in [5.41, 5.74) is 0.802. The molecule has 4 rings (SSSR count). The van der Waals surface area contributed by atoms with E-state index in [0.717, 1.165) is 0 Å². The van der Waals surface area contributed by atoms with Gasteiger partial charge in [0.1, 0.15) is 30.7 Å². The summed E-state index contributed by atoms with van der Waals surface area (Å²) >= 11 is 11.9. The van der Waals surface area contributed by atoms with Crippen LogP contribution in [0.25, 0.3) is 0 Å². The van der Waals surface area contributed by atoms with Gasteiger partial charge in [0, 0.05) is 30.2 Å². The highest BCUT2D eigenvalue weighted by Gasteiger charge is 2.42. The molecule has 11 nitrogen and oxygen atoms in total. The van der Waals surface area contributed by atoms with Gasteiger partial charge in [0.15, 0.2) is 5.69 Å². The maximum Gasteiger partial charge on any atom is 0.358 e. The Morgan fingerprint density at radius 3 is 2.15 bits per heavy atom. The smallest absolute Gasteiger partial charge is 0.358 e. The van der Waals surface area contributed by atoms with E-state index < -0.39 is 42.6 Å². The van der Waals surface area contributed by atoms with E-state index >= 15 is 0 Å². The number of hydrogen-bond acceptors (Lipinski definition) is 10. The summed E-state index contributed by atoms with van der Waals surface area (Å²) in [5.74, 6) is -1.92. The second-order valence-electron chi connectivity index (χ2n) is 8.82. The van der Waals surface area contributed by atoms with E-state index in [9.17, 15) is 14.4 Å². The number of esters is 3. The number of nitrogens with zero attached hydrogens (tertiary/aromatic N) is 2. The molecule has 1 saturated heterocycles. The van der Waals surface area contributed by atoms with Gasteiger partial charge in [0.2, 0.25) is 6.29 Å². The third-order valence-corrected chi connectivity index (χ3v) is 6.76. The summed E-state index contributed by atoms with van der Waals surface area (Å²) in [6.45, 7) is 1.82. The summed E-state index contributed by atoms with van der Waals surface area (Å²) in [5, 5.41) is 0.940. The SMILES string of the molecule is CCOC(OC)c1c(C(=O)OC)ncn1C1C[C@@H](OC(=O)c2ccc(Cl)cc2)C(COC(=O)c2ccc(Cl)cc2)O1. The highest BCUT2D eigenvalue weighted by atomic mass is 35.5. The van der Waals surface area contributed by atoms with Crippen LogP contribution in [-0.4, -0.2) is 67.1 Å². The van der Waals surface area contributed by atoms with E-state index in [1.165, 1.54) is 44.8 Å². The predicted molar refractivity (Wildman–Crippen MR) is 146 cm³/mol. The molecule has 1 aliphatic heterocycles. The van der Waals surface area contributed by atoms with E-state index in [1.807, 2.05) is 0 Å². The van der Waals surface area contributed by atoms with E-state index in [-0.39, 0.29) is 42.1 Å². The molecule has 1 aromatic heterocycles. The average Bonchev–Trinajstić information content (AvgIpc) is 3.59. The van der Waals surface area contributed by atoms with Crippen LogP contribution in [0.2, 0.25) is 10.0 Å². The molecule has 218 valence electrons. The van der Waals surface area contributed by atoms with E-state index in [2.05, 4.69) is 4.98 Å². The largest absolute Gasteiger partial charge is 0.464 e. The zero-order valence-electron chi connectivity index (χ0n) is 22.5. The molecule has 2 heterocycles. The summed E-state index contributed by atoms with van der Waals surface area (Å²) < 4.78 is 35.1. The first-order valence-electron chi connectivity index (χ1n) is 12.6. The van der Waals surface area contributed by atoms with Crippen molar-refractivity contribution in [2.24, 2.45) is 0 Å². The second-order valence-corrected chi connectivity index (χ2v) is 9.69. The van der Waals surface area contributed by atoms with Gasteiger partial charge in [0.05, 0.1) is 24.6 Å². The van der Waals surface area contributed by atoms with Gasteiger partial charge in [-0.3, -0.25) is 0 Å². The third kappa shape index (κ3) is 7.24. The zero-order valence-corrected chi connectivity index (χ0v) is 24.0. The normalized spacial score (nSPS) is 19.0. The monoisotopic (exact) mass is 606 g/mol. The molecule has 4 atom stereocenters. The van der Waals surface area contributed by atoms with Crippen LogP contribution < -0.4 is 0 Å². The Kier molecular flexibility index (Phi) is 10.4. The number of carbonyl (C=O) groups excluding carboxylic acids is 3. The van der Waals surface area contributed by atoms with E-state index in [0.29, 0.717) is 10.0 Å². The van der Waals surface area contributed by atoms with Crippen LogP contribution in [0.5, 0.6) is 0 Å². The van der Waals surface area contributed by atoms with Crippen molar-refractivity contribution >= 4 is 41.1 Å². The lowest BCUT2D eigenvalue weighted by Gasteiger charge is -2.22. The maximum atomic E-state index is 13.0. The topological polar surface area (TPSA) is 124 Å². The van der Waals surface area contributed by atoms with Crippen LogP contribution in [0.3, 0.4) is 0 Å². The van der Waals surface area contributed by atoms with E-state index in [4.69, 9.17) is 51.6 Å². The number of rotatable bonds is 11. The van der Waals surface area contributed by atoms with Crippen LogP contribution in [0.15, 0.2) is 54.9 Å². The van der Waals surface area contributed by atoms with Gasteiger partial charge in [-0.2, -0.15) is 0 Å². The fourth-order valence-electron chi connectivity index (χ4n) is 4.26. The standard InChI is InChI=1S/C28H28Cl2N2O9/c1-4-38-28(37-3)24-23(27(35)36-2)31-15-32(24)22-13-20(41-26(34)17-7-11-19(30)12-8-17)21(40-22)14-39-25(33)16-5-9-18(29)10-6-16/h5-12,15,20-22,28H,4,13-14H2,1-3H3/t20-,21?,22?,28?/m1/s1. The molecule has 13 heteroatoms. The van der Waals surface area contributed by atoms with Gasteiger partial charge in [-0.15, -0.1) is 0 Å². The third-order valence-electron chi connectivity index (χ3n) is 6.25. The van der Waals surface area contributed by atoms with Crippen LogP contribution in [0.4, 0.5) is 0 Å². The minimum atomic E-state index is -0.975. The molecule has 0 spiro atoms. The molecule has 0 saturated carbocycles. The summed E-state index contributed by atoms with van der Waals surface area (Å²) in [7, 11) is 2.65. The molecule has 0 bridgehead atoms. The molecule has 0 aliphatic carbocycles. The van der Waals surface area contributed by atoms with E-state index in [1.54, 1.807) is 35.8 Å². The molecule has 41 heavy (non-hydrogen) atoms. The number of methoxy groups -OCH3 is 2. The van der Waals surface area contributed by atoms with Crippen LogP contribution in [0.1, 0.15) is 62.8 Å². The quantitative estimate of drug-likeness (QED) is 0.167. The molecule has 3 aromatic rings. The van der Waals surface area contributed by atoms with Gasteiger partial charge >= 0.3 is 17.9 Å². The van der Waals surface area contributed by atoms with Crippen molar-refractivity contribution in [1.29, 1.82) is 0 Å². The Labute approximate surface area is 246 Å². The van der Waals surface area contributed by atoms with Crippen molar-refractivity contribution in [2.75, 3.05) is 27.4 Å². The number of imidazole rings is 1. The summed E-state index contributed by atoms with van der Waals surface area (Å²) in [6.07, 6.45) is -1.95. The van der Waals surface area contributed by atoms with Gasteiger partial charge in [-0.05, 0) is 55.5 Å². The van der Waals surface area contributed by atoms with Crippen molar-refractivity contribution in [1.82, 2.24) is 9.55 Å². The number of halogens is 2. The van der Waals surface area contributed by atoms with Crippen molar-refractivity contribution < 1.29 is 42.8 Å². The van der Waals surface area contributed by atoms with Crippen molar-refractivity contribution in [2.45, 2.75) is 38.1 Å². The van der Waals surface area contributed by atoms with Crippen LogP contribution in [0, 0.1) is 0 Å². The van der Waals surface area contributed by atoms with Crippen LogP contribution in [-0.2, 0) is 28.4 Å². The summed E-state index contributed by atoms with van der Waals surface area (Å²) in [6, 6.07) is 12.4. The zero-order chi connectivity index (χ0) is 29.5. The number of aromatic nitrogens is 2. The number of carbonyl (C=O) groups is 3. The highest BCUT2D eigenvalue weighted by molar-refractivity contribution is 6.31. The van der Waals surface area contributed by atoms with Gasteiger partial charge in [-0.1, -0.05) is 23.2 Å². The number of hydrogen-bond donors (Lipinski definition) is 0. The predicted octanol–water partition coefficient (Wildman–Crippen LogP) is 5.03. The number of ether oxygens (including phenoxy) is 6. The fourth-order valence-corrected chi connectivity index (χ4v) is 4.51. The van der Waals surface area contributed by atoms with Crippen molar-refractivity contribution in [3.05, 3.63) is 87.4 Å². The fraction of sp³-hybridized carbons (Fsp3) is 0.357. The molecular formula is C28H28Cl2N2O9. The lowest BCUT2D eigenvalue weighted by atomic mass is 10.1. The lowest BCUT2D eigenvalue weighted by molar-refractivity contribution is -0.133. The lowest BCUT2D eigenvalue weighted by Crippen LogP contribution is -2.32. The molecule has 1 fully saturated rings. The Hall–Kier alpha value is -3.48. The molecule has 0 N–H and O–H groups in total. The van der Waals surface area contributed by atoms with Crippen molar-refractivity contribution in [3.63, 3.8) is 0 Å². The van der Waals surface area contributed by atoms with Crippen LogP contribution >= 0.6 is 23.2 Å². The average molecular weight is 607 g/mol. The first kappa shape index (κ1) is 30.5. The first-order chi connectivity index (χ1) is 19.7.